The molecule has 1 aromatic rings. The molecular weight excluding hydrogens is 490 g/mol. The molecule has 2 aliphatic heterocycles. The summed E-state index contributed by atoms with van der Waals surface area (Å²) < 4.78 is 12.0. The van der Waals surface area contributed by atoms with Crippen LogP contribution in [0.25, 0.3) is 6.08 Å². The lowest BCUT2D eigenvalue weighted by Crippen LogP contribution is -2.46. The Bertz CT molecular complexity index is 987. The number of hydrogen-bond acceptors (Lipinski definition) is 8. The van der Waals surface area contributed by atoms with Gasteiger partial charge in [-0.2, -0.15) is 0 Å². The molecule has 0 bridgehead atoms. The number of aromatic nitrogens is 1. The van der Waals surface area contributed by atoms with Crippen LogP contribution in [0.5, 0.6) is 0 Å². The van der Waals surface area contributed by atoms with Crippen molar-refractivity contribution in [3.8, 4) is 0 Å². The minimum Gasteiger partial charge on any atom is -0.458 e. The van der Waals surface area contributed by atoms with E-state index in [0.29, 0.717) is 12.8 Å². The van der Waals surface area contributed by atoms with Gasteiger partial charge in [0.1, 0.15) is 11.9 Å². The van der Waals surface area contributed by atoms with Gasteiger partial charge in [-0.15, -0.1) is 11.3 Å². The molecule has 208 valence electrons. The molecule has 0 radical (unpaired) electrons. The molecule has 2 saturated heterocycles. The number of rotatable bonds is 4. The minimum absolute atomic E-state index is 0.0465. The average molecular weight is 536 g/mol. The number of hydrogen-bond donors (Lipinski definition) is 2. The Morgan fingerprint density at radius 3 is 2.59 bits per heavy atom. The molecule has 2 fully saturated rings. The predicted octanol–water partition coefficient (Wildman–Crippen LogP) is 5.26. The normalized spacial score (nSPS) is 36.1. The molecule has 0 amide bonds. The van der Waals surface area contributed by atoms with Gasteiger partial charge in [0, 0.05) is 17.7 Å². The summed E-state index contributed by atoms with van der Waals surface area (Å²) in [7, 11) is 0. The zero-order valence-electron chi connectivity index (χ0n) is 23.5. The van der Waals surface area contributed by atoms with Crippen LogP contribution in [0.2, 0.25) is 0 Å². The second-order valence-electron chi connectivity index (χ2n) is 11.9. The van der Waals surface area contributed by atoms with Gasteiger partial charge in [0.15, 0.2) is 0 Å². The van der Waals surface area contributed by atoms with Gasteiger partial charge < -0.3 is 19.7 Å². The maximum absolute atomic E-state index is 13.6. The fourth-order valence-corrected chi connectivity index (χ4v) is 6.04. The van der Waals surface area contributed by atoms with E-state index < -0.39 is 35.6 Å². The number of aliphatic hydroxyl groups is 2. The summed E-state index contributed by atoms with van der Waals surface area (Å²) in [5.41, 5.74) is 0.184. The van der Waals surface area contributed by atoms with Crippen LogP contribution in [0.3, 0.4) is 0 Å². The van der Waals surface area contributed by atoms with Gasteiger partial charge in [0.25, 0.3) is 0 Å². The molecule has 0 unspecified atom stereocenters. The van der Waals surface area contributed by atoms with E-state index in [4.69, 9.17) is 9.47 Å². The van der Waals surface area contributed by atoms with E-state index in [2.05, 4.69) is 11.9 Å². The van der Waals surface area contributed by atoms with Gasteiger partial charge in [-0.05, 0) is 57.6 Å². The first-order valence-corrected chi connectivity index (χ1v) is 14.5. The van der Waals surface area contributed by atoms with Gasteiger partial charge in [-0.1, -0.05) is 40.5 Å². The molecule has 7 atom stereocenters. The summed E-state index contributed by atoms with van der Waals surface area (Å²) >= 11 is 1.56. The van der Waals surface area contributed by atoms with Crippen molar-refractivity contribution in [1.82, 2.24) is 4.98 Å². The zero-order valence-corrected chi connectivity index (χ0v) is 24.3. The van der Waals surface area contributed by atoms with Gasteiger partial charge in [-0.25, -0.2) is 4.98 Å². The smallest absolute Gasteiger partial charge is 0.309 e. The Morgan fingerprint density at radius 1 is 1.27 bits per heavy atom. The monoisotopic (exact) mass is 535 g/mol. The SMILES string of the molecule is CCC[C@H]1C(=O)C(C)(C)[C@@H](O)CC(=O)O[C@H](/C(C)=C/c2csc(C)n2)C[C@@H]2O[C@]2(C)CCC[C@H](C)[C@@H]1O. The Morgan fingerprint density at radius 2 is 1.97 bits per heavy atom. The van der Waals surface area contributed by atoms with Crippen molar-refractivity contribution in [2.75, 3.05) is 0 Å². The minimum atomic E-state index is -1.23. The first-order chi connectivity index (χ1) is 17.3. The summed E-state index contributed by atoms with van der Waals surface area (Å²) in [4.78, 5) is 31.2. The predicted molar refractivity (Wildman–Crippen MR) is 145 cm³/mol. The van der Waals surface area contributed by atoms with Crippen LogP contribution >= 0.6 is 11.3 Å². The highest BCUT2D eigenvalue weighted by Gasteiger charge is 2.53. The molecular formula is C29H45NO6S. The van der Waals surface area contributed by atoms with E-state index in [1.54, 1.807) is 25.2 Å². The first kappa shape index (κ1) is 29.9. The summed E-state index contributed by atoms with van der Waals surface area (Å²) in [5, 5.41) is 25.1. The molecule has 2 N–H and O–H groups in total. The Kier molecular flexibility index (Phi) is 9.76. The lowest BCUT2D eigenvalue weighted by molar-refractivity contribution is -0.154. The van der Waals surface area contributed by atoms with Crippen LogP contribution in [0.4, 0.5) is 0 Å². The van der Waals surface area contributed by atoms with E-state index in [9.17, 15) is 19.8 Å². The van der Waals surface area contributed by atoms with E-state index >= 15 is 0 Å². The van der Waals surface area contributed by atoms with Crippen LogP contribution in [0.15, 0.2) is 11.0 Å². The molecule has 0 aliphatic carbocycles. The van der Waals surface area contributed by atoms with Gasteiger partial charge in [0.2, 0.25) is 0 Å². The van der Waals surface area contributed by atoms with Crippen molar-refractivity contribution in [2.24, 2.45) is 17.3 Å². The highest BCUT2D eigenvalue weighted by Crippen LogP contribution is 2.45. The molecule has 0 spiro atoms. The Hall–Kier alpha value is -1.61. The first-order valence-electron chi connectivity index (χ1n) is 13.7. The number of cyclic esters (lactones) is 1. The van der Waals surface area contributed by atoms with Crippen molar-refractivity contribution in [3.63, 3.8) is 0 Å². The number of thiazole rings is 1. The quantitative estimate of drug-likeness (QED) is 0.400. The molecule has 3 heterocycles. The van der Waals surface area contributed by atoms with Crippen LogP contribution < -0.4 is 0 Å². The number of epoxide rings is 1. The van der Waals surface area contributed by atoms with Crippen molar-refractivity contribution in [2.45, 2.75) is 123 Å². The van der Waals surface area contributed by atoms with E-state index in [1.807, 2.05) is 39.2 Å². The second-order valence-corrected chi connectivity index (χ2v) is 12.9. The van der Waals surface area contributed by atoms with E-state index in [-0.39, 0.29) is 29.8 Å². The standard InChI is InChI=1S/C29H45NO6S/c1-8-10-21-26(33)17(2)11-9-12-29(7)24(36-29)14-22(18(3)13-20-16-37-19(4)30-20)35-25(32)15-23(31)28(5,6)27(21)34/h13,16-17,21-24,26,31,33H,8-12,14-15H2,1-7H3/b18-13+/t17-,21+,22-,23-,24-,26-,29+/m0/s1. The summed E-state index contributed by atoms with van der Waals surface area (Å²) in [6.45, 7) is 13.2. The largest absolute Gasteiger partial charge is 0.458 e. The summed E-state index contributed by atoms with van der Waals surface area (Å²) in [6, 6.07) is 0. The van der Waals surface area contributed by atoms with Crippen LogP contribution in [0.1, 0.15) is 97.2 Å². The number of fused-ring (bicyclic) bond motifs is 1. The topological polar surface area (TPSA) is 109 Å². The highest BCUT2D eigenvalue weighted by atomic mass is 32.1. The summed E-state index contributed by atoms with van der Waals surface area (Å²) in [6.07, 6.45) is 3.32. The fraction of sp³-hybridized carbons (Fsp3) is 0.759. The second kappa shape index (κ2) is 12.1. The molecule has 7 nitrogen and oxygen atoms in total. The third kappa shape index (κ3) is 7.28. The highest BCUT2D eigenvalue weighted by molar-refractivity contribution is 7.09. The van der Waals surface area contributed by atoms with Crippen molar-refractivity contribution < 1.29 is 29.3 Å². The molecule has 37 heavy (non-hydrogen) atoms. The van der Waals surface area contributed by atoms with Crippen molar-refractivity contribution >= 4 is 29.2 Å². The lowest BCUT2D eigenvalue weighted by Gasteiger charge is -2.36. The summed E-state index contributed by atoms with van der Waals surface area (Å²) in [5.74, 6) is -1.42. The van der Waals surface area contributed by atoms with Crippen LogP contribution in [0, 0.1) is 24.2 Å². The number of ketones is 1. The molecule has 8 heteroatoms. The third-order valence-electron chi connectivity index (χ3n) is 8.35. The maximum Gasteiger partial charge on any atom is 0.309 e. The number of Topliss-reactive ketones (excluding diaryl/α,β-unsaturated/α-hetero) is 1. The Balaban J connectivity index is 1.88. The molecule has 3 rings (SSSR count). The zero-order chi connectivity index (χ0) is 27.5. The number of nitrogens with zero attached hydrogens (tertiary/aromatic N) is 1. The van der Waals surface area contributed by atoms with Gasteiger partial charge >= 0.3 is 5.97 Å². The molecule has 1 aromatic heterocycles. The maximum atomic E-state index is 13.6. The number of carbonyl (C=O) groups excluding carboxylic acids is 2. The van der Waals surface area contributed by atoms with Crippen LogP contribution in [-0.2, 0) is 19.1 Å². The lowest BCUT2D eigenvalue weighted by atomic mass is 9.71. The molecule has 2 aliphatic rings. The Labute approximate surface area is 225 Å². The fourth-order valence-electron chi connectivity index (χ4n) is 5.47. The average Bonchev–Trinajstić information content (AvgIpc) is 3.27. The van der Waals surface area contributed by atoms with E-state index in [0.717, 1.165) is 42.0 Å². The van der Waals surface area contributed by atoms with Gasteiger partial charge in [0.05, 0.1) is 46.5 Å². The van der Waals surface area contributed by atoms with E-state index in [1.165, 1.54) is 0 Å². The molecule has 0 aromatic carbocycles. The number of aryl methyl sites for hydroxylation is 1. The van der Waals surface area contributed by atoms with Crippen molar-refractivity contribution in [3.05, 3.63) is 21.7 Å². The molecule has 0 saturated carbocycles. The number of ether oxygens (including phenoxy) is 2. The van der Waals surface area contributed by atoms with Crippen molar-refractivity contribution in [1.29, 1.82) is 0 Å². The van der Waals surface area contributed by atoms with Gasteiger partial charge in [-0.3, -0.25) is 9.59 Å². The number of esters is 1. The third-order valence-corrected chi connectivity index (χ3v) is 9.14. The number of carbonyl (C=O) groups is 2. The van der Waals surface area contributed by atoms with Crippen LogP contribution in [-0.4, -0.2) is 57.0 Å². The number of aliphatic hydroxyl groups excluding tert-OH is 2.